The van der Waals surface area contributed by atoms with Crippen LogP contribution in [-0.2, 0) is 24.9 Å². The Morgan fingerprint density at radius 1 is 0.826 bits per heavy atom. The smallest absolute Gasteiger partial charge is 0.407 e. The van der Waals surface area contributed by atoms with Gasteiger partial charge in [0.1, 0.15) is 23.9 Å². The first kappa shape index (κ1) is 44.8. The van der Waals surface area contributed by atoms with E-state index in [1.54, 1.807) is 59.6 Å². The summed E-state index contributed by atoms with van der Waals surface area (Å²) in [7, 11) is 2.57. The van der Waals surface area contributed by atoms with Crippen molar-refractivity contribution in [3.63, 3.8) is 0 Å². The summed E-state index contributed by atoms with van der Waals surface area (Å²) in [5, 5.41) is 17.7. The van der Waals surface area contributed by atoms with Gasteiger partial charge < -0.3 is 44.8 Å². The second-order valence-electron chi connectivity index (χ2n) is 18.9. The zero-order valence-corrected chi connectivity index (χ0v) is 38.3. The Labute approximate surface area is 396 Å². The maximum Gasteiger partial charge on any atom is 0.407 e. The molecule has 3 aliphatic heterocycles. The number of fused-ring (bicyclic) bond motifs is 6. The van der Waals surface area contributed by atoms with Gasteiger partial charge in [-0.1, -0.05) is 60.7 Å². The number of imidazole rings is 2. The Morgan fingerprint density at radius 3 is 2.28 bits per heavy atom. The van der Waals surface area contributed by atoms with E-state index in [0.29, 0.717) is 78.4 Å². The summed E-state index contributed by atoms with van der Waals surface area (Å²) < 4.78 is 48.9. The van der Waals surface area contributed by atoms with Gasteiger partial charge in [-0.3, -0.25) is 9.69 Å². The molecule has 69 heavy (non-hydrogen) atoms. The average Bonchev–Trinajstić information content (AvgIpc) is 4.26. The van der Waals surface area contributed by atoms with Crippen molar-refractivity contribution in [2.45, 2.75) is 87.3 Å². The highest BCUT2D eigenvalue weighted by molar-refractivity contribution is 5.88. The number of aromatic nitrogens is 4. The van der Waals surface area contributed by atoms with E-state index in [4.69, 9.17) is 19.2 Å². The zero-order valence-electron chi connectivity index (χ0n) is 38.3. The number of aliphatic hydroxyl groups excluding tert-OH is 1. The van der Waals surface area contributed by atoms with E-state index < -0.39 is 42.5 Å². The number of methoxy groups -OCH3 is 2. The van der Waals surface area contributed by atoms with E-state index in [1.807, 2.05) is 30.3 Å². The zero-order chi connectivity index (χ0) is 47.6. The number of nitrogens with zero attached hydrogens (tertiary/aromatic N) is 4. The van der Waals surface area contributed by atoms with Crippen LogP contribution in [0.3, 0.4) is 0 Å². The van der Waals surface area contributed by atoms with Crippen LogP contribution in [0.2, 0.25) is 0 Å². The summed E-state index contributed by atoms with van der Waals surface area (Å²) in [6.45, 7) is 1.58. The number of nitrogens with one attached hydrogen (secondary N) is 4. The lowest BCUT2D eigenvalue weighted by Crippen LogP contribution is -2.58. The third-order valence-electron chi connectivity index (χ3n) is 15.2. The van der Waals surface area contributed by atoms with Crippen LogP contribution >= 0.6 is 0 Å². The summed E-state index contributed by atoms with van der Waals surface area (Å²) in [6.07, 6.45) is 4.95. The molecule has 5 N–H and O–H groups in total. The monoisotopic (exact) mass is 940 g/mol. The van der Waals surface area contributed by atoms with Crippen LogP contribution in [0.25, 0.3) is 44.5 Å². The van der Waals surface area contributed by atoms with Crippen LogP contribution in [-0.4, -0.2) is 105 Å². The molecule has 2 aromatic heterocycles. The average molecular weight is 941 g/mol. The fraction of sp³-hybridized carbons (Fsp3) is 0.404. The van der Waals surface area contributed by atoms with Crippen LogP contribution in [0.1, 0.15) is 91.4 Å². The van der Waals surface area contributed by atoms with Crippen molar-refractivity contribution in [3.05, 3.63) is 119 Å². The number of alkyl halides is 2. The number of benzene rings is 4. The molecular weight excluding hydrogens is 887 g/mol. The summed E-state index contributed by atoms with van der Waals surface area (Å²) in [5.74, 6) is -2.07. The fourth-order valence-corrected chi connectivity index (χ4v) is 11.8. The van der Waals surface area contributed by atoms with Crippen molar-refractivity contribution in [2.24, 2.45) is 11.8 Å². The van der Waals surface area contributed by atoms with Gasteiger partial charge in [0.2, 0.25) is 0 Å². The molecule has 7 atom stereocenters. The molecule has 5 aliphatic rings. The molecule has 5 heterocycles. The van der Waals surface area contributed by atoms with Gasteiger partial charge in [0.25, 0.3) is 11.8 Å². The minimum atomic E-state index is -3.30. The maximum absolute atomic E-state index is 16.7. The first-order chi connectivity index (χ1) is 33.5. The number of ether oxygens (including phenoxy) is 3. The number of H-pyrrole nitrogens is 2. The quantitative estimate of drug-likeness (QED) is 0.0843. The topological polar surface area (TPSA) is 187 Å². The van der Waals surface area contributed by atoms with E-state index in [0.717, 1.165) is 48.1 Å². The van der Waals surface area contributed by atoms with Crippen LogP contribution in [0.4, 0.5) is 18.4 Å². The highest BCUT2D eigenvalue weighted by Crippen LogP contribution is 2.54. The minimum absolute atomic E-state index is 0.0121. The van der Waals surface area contributed by atoms with Crippen LogP contribution in [0.5, 0.6) is 0 Å². The van der Waals surface area contributed by atoms with Gasteiger partial charge in [-0.25, -0.2) is 19.6 Å². The molecule has 4 fully saturated rings. The molecule has 6 aromatic rings. The lowest BCUT2D eigenvalue weighted by molar-refractivity contribution is -0.134. The summed E-state index contributed by atoms with van der Waals surface area (Å²) in [4.78, 5) is 59.3. The number of carbonyl (C=O) groups is 3. The highest BCUT2D eigenvalue weighted by atomic mass is 19.3. The molecule has 358 valence electrons. The number of halogens is 2. The van der Waals surface area contributed by atoms with Crippen LogP contribution in [0, 0.1) is 11.8 Å². The van der Waals surface area contributed by atoms with Gasteiger partial charge in [0.05, 0.1) is 55.3 Å². The van der Waals surface area contributed by atoms with Crippen molar-refractivity contribution in [2.75, 3.05) is 34.0 Å². The second kappa shape index (κ2) is 18.0. The number of alkyl carbamates (subject to hydrolysis) is 2. The summed E-state index contributed by atoms with van der Waals surface area (Å²) in [6, 6.07) is 22.9. The Kier molecular flexibility index (Phi) is 11.7. The van der Waals surface area contributed by atoms with Gasteiger partial charge in [-0.15, -0.1) is 0 Å². The first-order valence-electron chi connectivity index (χ1n) is 23.8. The van der Waals surface area contributed by atoms with Gasteiger partial charge in [0.15, 0.2) is 0 Å². The van der Waals surface area contributed by atoms with Crippen molar-refractivity contribution in [3.8, 4) is 33.5 Å². The number of piperidine rings is 1. The number of hydrogen-bond acceptors (Lipinski definition) is 10. The predicted octanol–water partition coefficient (Wildman–Crippen LogP) is 8.50. The summed E-state index contributed by atoms with van der Waals surface area (Å²) >= 11 is 0. The number of hydrogen-bond donors (Lipinski definition) is 5. The number of carbonyl (C=O) groups excluding carboxylic acids is 3. The molecule has 1 saturated carbocycles. The number of likely N-dealkylation sites (tertiary alicyclic amines) is 2. The Bertz CT molecular complexity index is 2920. The Hall–Kier alpha value is -6.69. The van der Waals surface area contributed by atoms with Crippen molar-refractivity contribution in [1.82, 2.24) is 40.4 Å². The molecule has 0 radical (unpaired) electrons. The number of rotatable bonds is 11. The summed E-state index contributed by atoms with van der Waals surface area (Å²) in [5.41, 5.74) is 5.29. The largest absolute Gasteiger partial charge is 0.453 e. The SMILES string of the molecule is COC(=O)N[C@@H](C1CCOCC1)C(O)N1[C@@H]2CCC(C2)[C@H]1c1nc2ccc(-c3ccc4c(c3)C(F)(F)c3cc(-c5cnc([C@@H]6CCCN6C(=O)[C@H](NC(=O)OC)c6ccccc6)[nH]5)ccc3-4)cc2[nH]1. The molecule has 3 amide bonds. The van der Waals surface area contributed by atoms with E-state index >= 15 is 8.78 Å². The number of amides is 3. The molecule has 2 unspecified atom stereocenters. The van der Waals surface area contributed by atoms with Gasteiger partial charge in [-0.2, -0.15) is 8.78 Å². The Balaban J connectivity index is 0.829. The van der Waals surface area contributed by atoms with Crippen molar-refractivity contribution >= 4 is 29.1 Å². The molecule has 2 aliphatic carbocycles. The normalized spacial score (nSPS) is 23.1. The first-order valence-corrected chi connectivity index (χ1v) is 23.8. The molecule has 0 spiro atoms. The van der Waals surface area contributed by atoms with Gasteiger partial charge in [0, 0.05) is 42.5 Å². The van der Waals surface area contributed by atoms with Crippen molar-refractivity contribution in [1.29, 1.82) is 0 Å². The molecular formula is C52H54F2N8O7. The lowest BCUT2D eigenvalue weighted by atomic mass is 9.88. The Morgan fingerprint density at radius 2 is 1.52 bits per heavy atom. The van der Waals surface area contributed by atoms with E-state index in [2.05, 4.69) is 30.5 Å². The standard InChI is InChI=1S/C52H54F2N8O7/c1-67-50(65)59-43(28-7-4-3-5-8-28)48(63)61-20-6-9-42(61)46-55-27-41(58-46)32-12-16-36-35-15-11-30(24-37(35)52(53,54)38(36)25-32)31-13-17-39-40(26-31)57-47(56-39)45-33-10-14-34(23-33)62(45)49(64)44(60-51(66)68-2)29-18-21-69-22-19-29/h3-5,7-8,11-13,15-17,24-27,29,33-34,42-45,49,64H,6,9-10,14,18-23H2,1-2H3,(H,55,58)(H,56,57)(H,59,65)(H,60,66)/t33?,34-,42+,43-,44+,45+,49?/m1/s1. The minimum Gasteiger partial charge on any atom is -0.453 e. The van der Waals surface area contributed by atoms with E-state index in [-0.39, 0.29) is 41.0 Å². The fourth-order valence-electron chi connectivity index (χ4n) is 11.8. The van der Waals surface area contributed by atoms with E-state index in [9.17, 15) is 19.5 Å². The maximum atomic E-state index is 16.7. The molecule has 11 rings (SSSR count). The molecule has 15 nitrogen and oxygen atoms in total. The predicted molar refractivity (Wildman–Crippen MR) is 251 cm³/mol. The van der Waals surface area contributed by atoms with Gasteiger partial charge in [-0.05, 0) is 109 Å². The number of aromatic amines is 2. The second-order valence-corrected chi connectivity index (χ2v) is 18.9. The van der Waals surface area contributed by atoms with Gasteiger partial charge >= 0.3 is 12.2 Å². The number of aliphatic hydroxyl groups is 1. The third kappa shape index (κ3) is 7.99. The lowest BCUT2D eigenvalue weighted by Gasteiger charge is -2.43. The molecule has 3 saturated heterocycles. The molecule has 4 aromatic carbocycles. The van der Waals surface area contributed by atoms with E-state index in [1.165, 1.54) is 20.3 Å². The van der Waals surface area contributed by atoms with Crippen molar-refractivity contribution < 1.29 is 42.5 Å². The molecule has 2 bridgehead atoms. The van der Waals surface area contributed by atoms with Crippen LogP contribution < -0.4 is 10.6 Å². The van der Waals surface area contributed by atoms with Crippen LogP contribution in [0.15, 0.2) is 91.1 Å². The molecule has 17 heteroatoms. The highest BCUT2D eigenvalue weighted by Gasteiger charge is 2.53. The third-order valence-corrected chi connectivity index (χ3v) is 15.2.